The van der Waals surface area contributed by atoms with Crippen molar-refractivity contribution in [2.45, 2.75) is 32.5 Å². The van der Waals surface area contributed by atoms with Gasteiger partial charge >= 0.3 is 0 Å². The monoisotopic (exact) mass is 234 g/mol. The predicted molar refractivity (Wildman–Crippen MR) is 70.7 cm³/mol. The average molecular weight is 234 g/mol. The summed E-state index contributed by atoms with van der Waals surface area (Å²) in [5.41, 5.74) is 1.17. The minimum absolute atomic E-state index is 0.165. The predicted octanol–water partition coefficient (Wildman–Crippen LogP) is 3.17. The van der Waals surface area contributed by atoms with Gasteiger partial charge in [-0.25, -0.2) is 0 Å². The van der Waals surface area contributed by atoms with Gasteiger partial charge in [0.1, 0.15) is 0 Å². The Morgan fingerprint density at radius 1 is 1.35 bits per heavy atom. The quantitative estimate of drug-likeness (QED) is 0.700. The molecule has 1 aromatic rings. The van der Waals surface area contributed by atoms with Crippen molar-refractivity contribution < 1.29 is 9.84 Å². The lowest BCUT2D eigenvalue weighted by Gasteiger charge is -2.18. The van der Waals surface area contributed by atoms with Gasteiger partial charge in [0, 0.05) is 5.92 Å². The van der Waals surface area contributed by atoms with Gasteiger partial charge in [0.15, 0.2) is 0 Å². The van der Waals surface area contributed by atoms with Gasteiger partial charge in [-0.15, -0.1) is 6.58 Å². The Balaban J connectivity index is 2.19. The van der Waals surface area contributed by atoms with Gasteiger partial charge in [-0.1, -0.05) is 43.3 Å². The number of rotatable bonds is 8. The highest BCUT2D eigenvalue weighted by atomic mass is 16.5. The van der Waals surface area contributed by atoms with Crippen molar-refractivity contribution in [1.82, 2.24) is 0 Å². The summed E-state index contributed by atoms with van der Waals surface area (Å²) in [6.07, 6.45) is 3.15. The van der Waals surface area contributed by atoms with E-state index in [2.05, 4.69) is 6.58 Å². The number of hydrogen-bond donors (Lipinski definition) is 1. The molecule has 0 fully saturated rings. The van der Waals surface area contributed by atoms with Gasteiger partial charge in [0.2, 0.25) is 0 Å². The second kappa shape index (κ2) is 8.04. The molecule has 94 valence electrons. The lowest BCUT2D eigenvalue weighted by Crippen LogP contribution is -2.22. The lowest BCUT2D eigenvalue weighted by molar-refractivity contribution is 0.0257. The fourth-order valence-electron chi connectivity index (χ4n) is 1.62. The van der Waals surface area contributed by atoms with Crippen LogP contribution in [0.3, 0.4) is 0 Å². The summed E-state index contributed by atoms with van der Waals surface area (Å²) in [4.78, 5) is 0. The smallest absolute Gasteiger partial charge is 0.0717 e. The molecule has 0 spiro atoms. The summed E-state index contributed by atoms with van der Waals surface area (Å²) >= 11 is 0. The Morgan fingerprint density at radius 2 is 2.06 bits per heavy atom. The largest absolute Gasteiger partial charge is 0.393 e. The molecule has 0 aliphatic heterocycles. The highest BCUT2D eigenvalue weighted by molar-refractivity contribution is 5.13. The third-order valence-corrected chi connectivity index (χ3v) is 2.82. The first kappa shape index (κ1) is 13.9. The Kier molecular flexibility index (Phi) is 6.60. The molecule has 0 aromatic heterocycles. The van der Waals surface area contributed by atoms with Crippen LogP contribution < -0.4 is 0 Å². The number of aliphatic hydroxyl groups is 1. The van der Waals surface area contributed by atoms with Crippen LogP contribution in [0, 0.1) is 5.92 Å². The molecule has 1 aromatic carbocycles. The summed E-state index contributed by atoms with van der Waals surface area (Å²) < 4.78 is 5.60. The van der Waals surface area contributed by atoms with Crippen molar-refractivity contribution in [3.63, 3.8) is 0 Å². The van der Waals surface area contributed by atoms with Crippen LogP contribution in [0.2, 0.25) is 0 Å². The molecule has 0 aliphatic carbocycles. The van der Waals surface area contributed by atoms with E-state index < -0.39 is 0 Å². The highest BCUT2D eigenvalue weighted by Crippen LogP contribution is 2.11. The summed E-state index contributed by atoms with van der Waals surface area (Å²) in [6.45, 7) is 6.87. The van der Waals surface area contributed by atoms with Crippen molar-refractivity contribution >= 4 is 0 Å². The zero-order valence-electron chi connectivity index (χ0n) is 10.5. The molecule has 2 nitrogen and oxygen atoms in total. The highest BCUT2D eigenvalue weighted by Gasteiger charge is 2.13. The maximum Gasteiger partial charge on any atom is 0.0717 e. The SMILES string of the molecule is C=CCC[C@H](O)[C@H](C)COCc1ccccc1. The minimum Gasteiger partial charge on any atom is -0.393 e. The molecule has 0 bridgehead atoms. The van der Waals surface area contributed by atoms with E-state index in [9.17, 15) is 5.11 Å². The van der Waals surface area contributed by atoms with E-state index in [4.69, 9.17) is 4.74 Å². The molecule has 0 saturated heterocycles. The standard InChI is InChI=1S/C15H22O2/c1-3-4-10-15(16)13(2)11-17-12-14-8-6-5-7-9-14/h3,5-9,13,15-16H,1,4,10-12H2,2H3/t13-,15+/m1/s1. The number of aliphatic hydroxyl groups excluding tert-OH is 1. The van der Waals surface area contributed by atoms with Crippen LogP contribution in [0.4, 0.5) is 0 Å². The van der Waals surface area contributed by atoms with E-state index in [0.717, 1.165) is 12.8 Å². The number of hydrogen-bond acceptors (Lipinski definition) is 2. The third kappa shape index (κ3) is 5.66. The van der Waals surface area contributed by atoms with Crippen LogP contribution in [0.15, 0.2) is 43.0 Å². The molecule has 0 saturated carbocycles. The Morgan fingerprint density at radius 3 is 2.71 bits per heavy atom. The summed E-state index contributed by atoms with van der Waals surface area (Å²) in [6, 6.07) is 10.1. The zero-order chi connectivity index (χ0) is 12.5. The van der Waals surface area contributed by atoms with Gasteiger partial charge in [0.25, 0.3) is 0 Å². The van der Waals surface area contributed by atoms with E-state index in [-0.39, 0.29) is 12.0 Å². The summed E-state index contributed by atoms with van der Waals surface area (Å²) in [5, 5.41) is 9.82. The number of benzene rings is 1. The molecule has 0 heterocycles. The zero-order valence-corrected chi connectivity index (χ0v) is 10.5. The molecule has 1 N–H and O–H groups in total. The van der Waals surface area contributed by atoms with Crippen LogP contribution in [0.5, 0.6) is 0 Å². The normalized spacial score (nSPS) is 14.2. The van der Waals surface area contributed by atoms with Crippen molar-refractivity contribution in [3.05, 3.63) is 48.6 Å². The maximum absolute atomic E-state index is 9.82. The average Bonchev–Trinajstić information content (AvgIpc) is 2.37. The Bertz CT molecular complexity index is 308. The van der Waals surface area contributed by atoms with Crippen molar-refractivity contribution in [2.24, 2.45) is 5.92 Å². The first-order chi connectivity index (χ1) is 8.24. The molecule has 0 radical (unpaired) electrons. The van der Waals surface area contributed by atoms with E-state index in [1.807, 2.05) is 43.3 Å². The molecule has 0 aliphatic rings. The topological polar surface area (TPSA) is 29.5 Å². The lowest BCUT2D eigenvalue weighted by atomic mass is 10.0. The fraction of sp³-hybridized carbons (Fsp3) is 0.467. The van der Waals surface area contributed by atoms with E-state index in [1.165, 1.54) is 5.56 Å². The summed E-state index contributed by atoms with van der Waals surface area (Å²) in [7, 11) is 0. The van der Waals surface area contributed by atoms with E-state index in [1.54, 1.807) is 0 Å². The Labute approximate surface area is 104 Å². The molecular formula is C15H22O2. The van der Waals surface area contributed by atoms with E-state index >= 15 is 0 Å². The van der Waals surface area contributed by atoms with Crippen molar-refractivity contribution in [3.8, 4) is 0 Å². The summed E-state index contributed by atoms with van der Waals surface area (Å²) in [5.74, 6) is 0.165. The van der Waals surface area contributed by atoms with E-state index in [0.29, 0.717) is 13.2 Å². The van der Waals surface area contributed by atoms with Gasteiger partial charge in [-0.2, -0.15) is 0 Å². The second-order valence-electron chi connectivity index (χ2n) is 4.41. The second-order valence-corrected chi connectivity index (χ2v) is 4.41. The first-order valence-corrected chi connectivity index (χ1v) is 6.14. The third-order valence-electron chi connectivity index (χ3n) is 2.82. The van der Waals surface area contributed by atoms with Crippen LogP contribution in [0.25, 0.3) is 0 Å². The molecule has 2 atom stereocenters. The molecule has 1 rings (SSSR count). The van der Waals surface area contributed by atoms with Crippen LogP contribution in [-0.2, 0) is 11.3 Å². The first-order valence-electron chi connectivity index (χ1n) is 6.14. The maximum atomic E-state index is 9.82. The van der Waals surface area contributed by atoms with Gasteiger partial charge in [-0.3, -0.25) is 0 Å². The van der Waals surface area contributed by atoms with Gasteiger partial charge in [-0.05, 0) is 18.4 Å². The fourth-order valence-corrected chi connectivity index (χ4v) is 1.62. The molecule has 0 amide bonds. The Hall–Kier alpha value is -1.12. The number of ether oxygens (including phenoxy) is 1. The molecule has 0 unspecified atom stereocenters. The van der Waals surface area contributed by atoms with Crippen LogP contribution in [-0.4, -0.2) is 17.8 Å². The van der Waals surface area contributed by atoms with Gasteiger partial charge in [0.05, 0.1) is 19.3 Å². The molecule has 2 heteroatoms. The minimum atomic E-state index is -0.302. The van der Waals surface area contributed by atoms with Crippen molar-refractivity contribution in [2.75, 3.05) is 6.61 Å². The number of allylic oxidation sites excluding steroid dienone is 1. The van der Waals surface area contributed by atoms with Gasteiger partial charge < -0.3 is 9.84 Å². The van der Waals surface area contributed by atoms with Crippen LogP contribution in [0.1, 0.15) is 25.3 Å². The van der Waals surface area contributed by atoms with Crippen molar-refractivity contribution in [1.29, 1.82) is 0 Å². The molecule has 17 heavy (non-hydrogen) atoms. The van der Waals surface area contributed by atoms with Crippen LogP contribution >= 0.6 is 0 Å². The molecular weight excluding hydrogens is 212 g/mol.